The standard InChI is InChI=1S/C24H32N4O4S/c1-19-8-6-10-20(16-19)24(30)28-13-7-12-27(14-15-28)18-23(29)25-17-21-9-4-5-11-22(21)33(31,32)26(2)3/h4-6,8-11,16H,7,12-15,17-18H2,1-3H3,(H,25,29). The quantitative estimate of drug-likeness (QED) is 0.663. The summed E-state index contributed by atoms with van der Waals surface area (Å²) in [6.07, 6.45) is 0.786. The molecule has 8 nitrogen and oxygen atoms in total. The summed E-state index contributed by atoms with van der Waals surface area (Å²) in [5.74, 6) is -0.158. The lowest BCUT2D eigenvalue weighted by molar-refractivity contribution is -0.122. The summed E-state index contributed by atoms with van der Waals surface area (Å²) in [5.41, 5.74) is 2.28. The third kappa shape index (κ3) is 6.40. The number of benzene rings is 2. The molecule has 0 saturated carbocycles. The minimum Gasteiger partial charge on any atom is -0.351 e. The number of carbonyl (C=O) groups is 2. The van der Waals surface area contributed by atoms with Crippen molar-refractivity contribution >= 4 is 21.8 Å². The Hall–Kier alpha value is -2.75. The second-order valence-corrected chi connectivity index (χ2v) is 10.6. The summed E-state index contributed by atoms with van der Waals surface area (Å²) >= 11 is 0. The van der Waals surface area contributed by atoms with Crippen LogP contribution in [0.5, 0.6) is 0 Å². The zero-order valence-electron chi connectivity index (χ0n) is 19.5. The first-order valence-electron chi connectivity index (χ1n) is 11.0. The Labute approximate surface area is 196 Å². The van der Waals surface area contributed by atoms with Gasteiger partial charge in [-0.05, 0) is 37.1 Å². The number of rotatable bonds is 7. The van der Waals surface area contributed by atoms with Gasteiger partial charge in [0.05, 0.1) is 11.4 Å². The lowest BCUT2D eigenvalue weighted by Crippen LogP contribution is -2.40. The third-order valence-electron chi connectivity index (χ3n) is 5.72. The van der Waals surface area contributed by atoms with Crippen LogP contribution in [0.15, 0.2) is 53.4 Å². The van der Waals surface area contributed by atoms with Crippen molar-refractivity contribution in [2.45, 2.75) is 24.8 Å². The number of hydrogen-bond acceptors (Lipinski definition) is 5. The first-order valence-corrected chi connectivity index (χ1v) is 12.5. The summed E-state index contributed by atoms with van der Waals surface area (Å²) < 4.78 is 26.2. The van der Waals surface area contributed by atoms with Gasteiger partial charge in [0.15, 0.2) is 0 Å². The molecule has 1 N–H and O–H groups in total. The van der Waals surface area contributed by atoms with E-state index in [1.54, 1.807) is 24.3 Å². The monoisotopic (exact) mass is 472 g/mol. The molecular weight excluding hydrogens is 440 g/mol. The maximum atomic E-state index is 12.8. The molecule has 2 amide bonds. The van der Waals surface area contributed by atoms with Crippen LogP contribution in [-0.2, 0) is 21.4 Å². The summed E-state index contributed by atoms with van der Waals surface area (Å²) in [7, 11) is -0.627. The molecule has 1 saturated heterocycles. The van der Waals surface area contributed by atoms with E-state index < -0.39 is 10.0 Å². The summed E-state index contributed by atoms with van der Waals surface area (Å²) in [6.45, 7) is 4.84. The maximum Gasteiger partial charge on any atom is 0.253 e. The molecular formula is C24H32N4O4S. The Bertz CT molecular complexity index is 1100. The fraction of sp³-hybridized carbons (Fsp3) is 0.417. The molecule has 9 heteroatoms. The van der Waals surface area contributed by atoms with E-state index in [9.17, 15) is 18.0 Å². The molecule has 33 heavy (non-hydrogen) atoms. The van der Waals surface area contributed by atoms with Crippen LogP contribution in [0.25, 0.3) is 0 Å². The van der Waals surface area contributed by atoms with Gasteiger partial charge in [-0.25, -0.2) is 12.7 Å². The van der Waals surface area contributed by atoms with Gasteiger partial charge in [-0.15, -0.1) is 0 Å². The lowest BCUT2D eigenvalue weighted by atomic mass is 10.1. The summed E-state index contributed by atoms with van der Waals surface area (Å²) in [6, 6.07) is 14.3. The average molecular weight is 473 g/mol. The van der Waals surface area contributed by atoms with Crippen LogP contribution in [0.2, 0.25) is 0 Å². The number of carbonyl (C=O) groups excluding carboxylic acids is 2. The first-order chi connectivity index (χ1) is 15.7. The number of amides is 2. The van der Waals surface area contributed by atoms with Crippen LogP contribution in [0.3, 0.4) is 0 Å². The third-order valence-corrected chi connectivity index (χ3v) is 7.63. The maximum absolute atomic E-state index is 12.8. The second kappa shape index (κ2) is 10.9. The summed E-state index contributed by atoms with van der Waals surface area (Å²) in [4.78, 5) is 29.5. The van der Waals surface area contributed by atoms with Gasteiger partial charge in [-0.2, -0.15) is 0 Å². The van der Waals surface area contributed by atoms with E-state index in [2.05, 4.69) is 5.32 Å². The van der Waals surface area contributed by atoms with Gasteiger partial charge in [0, 0.05) is 52.4 Å². The second-order valence-electron chi connectivity index (χ2n) is 8.46. The van der Waals surface area contributed by atoms with Crippen molar-refractivity contribution < 1.29 is 18.0 Å². The highest BCUT2D eigenvalue weighted by atomic mass is 32.2. The number of hydrogen-bond donors (Lipinski definition) is 1. The zero-order valence-corrected chi connectivity index (χ0v) is 20.3. The van der Waals surface area contributed by atoms with Gasteiger partial charge in [0.2, 0.25) is 15.9 Å². The molecule has 0 atom stereocenters. The molecule has 1 aliphatic heterocycles. The van der Waals surface area contributed by atoms with E-state index in [4.69, 9.17) is 0 Å². The van der Waals surface area contributed by atoms with Gasteiger partial charge in [-0.1, -0.05) is 35.9 Å². The molecule has 0 aromatic heterocycles. The fourth-order valence-electron chi connectivity index (χ4n) is 3.84. The lowest BCUT2D eigenvalue weighted by Gasteiger charge is -2.22. The van der Waals surface area contributed by atoms with Crippen LogP contribution >= 0.6 is 0 Å². The van der Waals surface area contributed by atoms with Gasteiger partial charge in [-0.3, -0.25) is 14.5 Å². The highest BCUT2D eigenvalue weighted by molar-refractivity contribution is 7.89. The minimum absolute atomic E-state index is 0.0173. The molecule has 0 aliphatic carbocycles. The number of nitrogens with one attached hydrogen (secondary N) is 1. The van der Waals surface area contributed by atoms with E-state index in [1.165, 1.54) is 14.1 Å². The molecule has 0 unspecified atom stereocenters. The number of sulfonamides is 1. The first kappa shape index (κ1) is 24.9. The van der Waals surface area contributed by atoms with Gasteiger partial charge >= 0.3 is 0 Å². The van der Waals surface area contributed by atoms with Crippen LogP contribution in [0.1, 0.15) is 27.9 Å². The van der Waals surface area contributed by atoms with E-state index in [0.29, 0.717) is 30.8 Å². The highest BCUT2D eigenvalue weighted by Gasteiger charge is 2.23. The summed E-state index contributed by atoms with van der Waals surface area (Å²) in [5, 5.41) is 2.84. The Morgan fingerprint density at radius 3 is 2.48 bits per heavy atom. The minimum atomic E-state index is -3.59. The Balaban J connectivity index is 1.55. The van der Waals surface area contributed by atoms with Crippen molar-refractivity contribution in [3.05, 3.63) is 65.2 Å². The van der Waals surface area contributed by atoms with E-state index >= 15 is 0 Å². The molecule has 2 aromatic carbocycles. The van der Waals surface area contributed by atoms with E-state index in [-0.39, 0.29) is 29.8 Å². The van der Waals surface area contributed by atoms with Crippen molar-refractivity contribution in [1.82, 2.24) is 19.4 Å². The normalized spacial score (nSPS) is 15.3. The van der Waals surface area contributed by atoms with Crippen LogP contribution in [-0.4, -0.2) is 81.2 Å². The van der Waals surface area contributed by atoms with Crippen molar-refractivity contribution in [2.24, 2.45) is 0 Å². The van der Waals surface area contributed by atoms with Crippen LogP contribution in [0, 0.1) is 6.92 Å². The predicted octanol–water partition coefficient (Wildman–Crippen LogP) is 1.71. The predicted molar refractivity (Wildman–Crippen MR) is 127 cm³/mol. The molecule has 1 aliphatic rings. The number of nitrogens with zero attached hydrogens (tertiary/aromatic N) is 3. The van der Waals surface area contributed by atoms with Crippen LogP contribution < -0.4 is 5.32 Å². The van der Waals surface area contributed by atoms with Crippen LogP contribution in [0.4, 0.5) is 0 Å². The molecule has 1 fully saturated rings. The Morgan fingerprint density at radius 2 is 1.76 bits per heavy atom. The Morgan fingerprint density at radius 1 is 1.00 bits per heavy atom. The largest absolute Gasteiger partial charge is 0.351 e. The van der Waals surface area contributed by atoms with Gasteiger partial charge in [0.1, 0.15) is 0 Å². The topological polar surface area (TPSA) is 90.0 Å². The Kier molecular flexibility index (Phi) is 8.23. The highest BCUT2D eigenvalue weighted by Crippen LogP contribution is 2.18. The molecule has 178 valence electrons. The van der Waals surface area contributed by atoms with Crippen molar-refractivity contribution in [3.8, 4) is 0 Å². The van der Waals surface area contributed by atoms with Gasteiger partial charge < -0.3 is 10.2 Å². The molecule has 0 bridgehead atoms. The van der Waals surface area contributed by atoms with E-state index in [1.807, 2.05) is 41.0 Å². The van der Waals surface area contributed by atoms with Crippen molar-refractivity contribution in [2.75, 3.05) is 46.8 Å². The van der Waals surface area contributed by atoms with Crippen molar-refractivity contribution in [1.29, 1.82) is 0 Å². The SMILES string of the molecule is Cc1cccc(C(=O)N2CCCN(CC(=O)NCc3ccccc3S(=O)(=O)N(C)C)CC2)c1. The molecule has 2 aromatic rings. The molecule has 0 spiro atoms. The average Bonchev–Trinajstić information content (AvgIpc) is 3.02. The number of aryl methyl sites for hydroxylation is 1. The zero-order chi connectivity index (χ0) is 24.0. The van der Waals surface area contributed by atoms with E-state index in [0.717, 1.165) is 22.8 Å². The molecule has 1 heterocycles. The van der Waals surface area contributed by atoms with Crippen molar-refractivity contribution in [3.63, 3.8) is 0 Å². The molecule has 0 radical (unpaired) electrons. The van der Waals surface area contributed by atoms with Gasteiger partial charge in [0.25, 0.3) is 5.91 Å². The molecule has 3 rings (SSSR count). The smallest absolute Gasteiger partial charge is 0.253 e. The fourth-order valence-corrected chi connectivity index (χ4v) is 4.96.